The van der Waals surface area contributed by atoms with Gasteiger partial charge in [-0.05, 0) is 54.8 Å². The Labute approximate surface area is 175 Å². The number of rotatable bonds is 5. The minimum atomic E-state index is -0.581. The zero-order valence-corrected chi connectivity index (χ0v) is 16.8. The average Bonchev–Trinajstić information content (AvgIpc) is 3.26. The molecule has 1 atom stereocenters. The predicted octanol–water partition coefficient (Wildman–Crippen LogP) is 5.26. The lowest BCUT2D eigenvalue weighted by Gasteiger charge is -2.16. The summed E-state index contributed by atoms with van der Waals surface area (Å²) < 4.78 is 5.91. The van der Waals surface area contributed by atoms with Crippen molar-refractivity contribution >= 4 is 11.7 Å². The second kappa shape index (κ2) is 8.61. The average molecular weight is 398 g/mol. The second-order valence-corrected chi connectivity index (χ2v) is 7.05. The molecule has 0 bridgehead atoms. The van der Waals surface area contributed by atoms with Gasteiger partial charge in [0.25, 0.3) is 0 Å². The van der Waals surface area contributed by atoms with Crippen molar-refractivity contribution in [3.8, 4) is 11.5 Å². The molecule has 0 aliphatic rings. The predicted molar refractivity (Wildman–Crippen MR) is 116 cm³/mol. The molecule has 0 radical (unpaired) electrons. The maximum atomic E-state index is 12.7. The van der Waals surface area contributed by atoms with Gasteiger partial charge in [-0.2, -0.15) is 0 Å². The van der Waals surface area contributed by atoms with E-state index in [4.69, 9.17) is 4.42 Å². The molecule has 0 saturated carbocycles. The summed E-state index contributed by atoms with van der Waals surface area (Å²) in [6.45, 7) is 4.04. The summed E-state index contributed by atoms with van der Waals surface area (Å²) in [5.41, 5.74) is 4.66. The number of nitrogens with one attached hydrogen (secondary N) is 2. The van der Waals surface area contributed by atoms with Gasteiger partial charge in [0.2, 0.25) is 11.8 Å². The number of anilines is 1. The van der Waals surface area contributed by atoms with Crippen LogP contribution in [0.25, 0.3) is 11.5 Å². The first kappa shape index (κ1) is 19.4. The molecule has 0 aliphatic heterocycles. The lowest BCUT2D eigenvalue weighted by atomic mass is 10.1. The van der Waals surface area contributed by atoms with Crippen molar-refractivity contribution < 1.29 is 9.21 Å². The van der Waals surface area contributed by atoms with Gasteiger partial charge >= 0.3 is 6.03 Å². The minimum absolute atomic E-state index is 0.315. The summed E-state index contributed by atoms with van der Waals surface area (Å²) in [4.78, 5) is 12.7. The van der Waals surface area contributed by atoms with Gasteiger partial charge in [0.05, 0.1) is 0 Å². The van der Waals surface area contributed by atoms with Crippen molar-refractivity contribution in [2.24, 2.45) is 0 Å². The first-order valence-corrected chi connectivity index (χ1v) is 9.69. The number of amides is 2. The van der Waals surface area contributed by atoms with Crippen molar-refractivity contribution in [2.45, 2.75) is 19.9 Å². The minimum Gasteiger partial charge on any atom is -0.418 e. The van der Waals surface area contributed by atoms with E-state index in [0.29, 0.717) is 11.8 Å². The van der Waals surface area contributed by atoms with Gasteiger partial charge in [-0.1, -0.05) is 54.6 Å². The Morgan fingerprint density at radius 1 is 0.867 bits per heavy atom. The van der Waals surface area contributed by atoms with Gasteiger partial charge in [0.1, 0.15) is 6.04 Å². The Balaban J connectivity index is 1.59. The fourth-order valence-electron chi connectivity index (χ4n) is 3.10. The quantitative estimate of drug-likeness (QED) is 0.480. The number of hydrogen-bond donors (Lipinski definition) is 2. The van der Waals surface area contributed by atoms with Gasteiger partial charge in [0.15, 0.2) is 0 Å². The van der Waals surface area contributed by atoms with E-state index in [1.807, 2.05) is 92.7 Å². The van der Waals surface area contributed by atoms with E-state index in [2.05, 4.69) is 20.8 Å². The van der Waals surface area contributed by atoms with Crippen LogP contribution in [0.2, 0.25) is 0 Å². The van der Waals surface area contributed by atoms with Crippen LogP contribution in [0.5, 0.6) is 0 Å². The summed E-state index contributed by atoms with van der Waals surface area (Å²) in [6.07, 6.45) is 0. The van der Waals surface area contributed by atoms with Crippen LogP contribution < -0.4 is 10.6 Å². The van der Waals surface area contributed by atoms with Crippen molar-refractivity contribution in [1.82, 2.24) is 15.5 Å². The molecule has 3 aromatic carbocycles. The maximum Gasteiger partial charge on any atom is 0.320 e. The monoisotopic (exact) mass is 398 g/mol. The first-order chi connectivity index (χ1) is 14.6. The molecule has 0 spiro atoms. The molecule has 1 aromatic heterocycles. The Hall–Kier alpha value is -3.93. The second-order valence-electron chi connectivity index (χ2n) is 7.05. The standard InChI is InChI=1S/C24H22N4O2/c1-16-13-14-20(15-17(16)2)25-24(29)26-21(18-9-5-3-6-10-18)23-28-27-22(30-23)19-11-7-4-8-12-19/h3-15,21H,1-2H3,(H2,25,26,29). The molecule has 1 heterocycles. The Bertz CT molecular complexity index is 1140. The van der Waals surface area contributed by atoms with Gasteiger partial charge < -0.3 is 15.1 Å². The highest BCUT2D eigenvalue weighted by Crippen LogP contribution is 2.25. The molecule has 4 rings (SSSR count). The highest BCUT2D eigenvalue weighted by atomic mass is 16.4. The molecule has 4 aromatic rings. The molecular formula is C24H22N4O2. The molecule has 150 valence electrons. The van der Waals surface area contributed by atoms with Crippen LogP contribution in [-0.2, 0) is 0 Å². The highest BCUT2D eigenvalue weighted by molar-refractivity contribution is 5.89. The SMILES string of the molecule is Cc1ccc(NC(=O)NC(c2ccccc2)c2nnc(-c3ccccc3)o2)cc1C. The normalized spacial score (nSPS) is 11.7. The van der Waals surface area contributed by atoms with Gasteiger partial charge in [-0.25, -0.2) is 4.79 Å². The molecule has 30 heavy (non-hydrogen) atoms. The summed E-state index contributed by atoms with van der Waals surface area (Å²) in [7, 11) is 0. The van der Waals surface area contributed by atoms with E-state index in [9.17, 15) is 4.79 Å². The number of urea groups is 1. The number of benzene rings is 3. The van der Waals surface area contributed by atoms with Crippen LogP contribution >= 0.6 is 0 Å². The van der Waals surface area contributed by atoms with Crippen LogP contribution in [0.1, 0.15) is 28.6 Å². The number of carbonyl (C=O) groups excluding carboxylic acids is 1. The van der Waals surface area contributed by atoms with E-state index in [1.165, 1.54) is 5.56 Å². The number of carbonyl (C=O) groups is 1. The third-order valence-corrected chi connectivity index (χ3v) is 4.88. The smallest absolute Gasteiger partial charge is 0.320 e. The molecule has 0 saturated heterocycles. The fraction of sp³-hybridized carbons (Fsp3) is 0.125. The molecule has 1 unspecified atom stereocenters. The Morgan fingerprint density at radius 2 is 1.57 bits per heavy atom. The first-order valence-electron chi connectivity index (χ1n) is 9.69. The molecular weight excluding hydrogens is 376 g/mol. The number of nitrogens with zero attached hydrogens (tertiary/aromatic N) is 2. The summed E-state index contributed by atoms with van der Waals surface area (Å²) >= 11 is 0. The lowest BCUT2D eigenvalue weighted by molar-refractivity contribution is 0.248. The summed E-state index contributed by atoms with van der Waals surface area (Å²) in [5.74, 6) is 0.721. The van der Waals surface area contributed by atoms with Gasteiger partial charge in [-0.3, -0.25) is 0 Å². The topological polar surface area (TPSA) is 80.0 Å². The van der Waals surface area contributed by atoms with Crippen molar-refractivity contribution in [2.75, 3.05) is 5.32 Å². The highest BCUT2D eigenvalue weighted by Gasteiger charge is 2.23. The molecule has 6 heteroatoms. The van der Waals surface area contributed by atoms with E-state index in [0.717, 1.165) is 22.4 Å². The van der Waals surface area contributed by atoms with Crippen molar-refractivity contribution in [1.29, 1.82) is 0 Å². The number of aryl methyl sites for hydroxylation is 2. The fourth-order valence-corrected chi connectivity index (χ4v) is 3.10. The Morgan fingerprint density at radius 3 is 2.27 bits per heavy atom. The number of aromatic nitrogens is 2. The van der Waals surface area contributed by atoms with Gasteiger partial charge in [0, 0.05) is 11.3 Å². The molecule has 6 nitrogen and oxygen atoms in total. The Kier molecular flexibility index (Phi) is 5.57. The maximum absolute atomic E-state index is 12.7. The molecule has 2 N–H and O–H groups in total. The molecule has 0 aliphatic carbocycles. The van der Waals surface area contributed by atoms with Crippen LogP contribution in [-0.4, -0.2) is 16.2 Å². The van der Waals surface area contributed by atoms with Crippen LogP contribution in [0.15, 0.2) is 83.3 Å². The number of hydrogen-bond acceptors (Lipinski definition) is 4. The van der Waals surface area contributed by atoms with E-state index >= 15 is 0 Å². The largest absolute Gasteiger partial charge is 0.418 e. The lowest BCUT2D eigenvalue weighted by Crippen LogP contribution is -2.33. The third-order valence-electron chi connectivity index (χ3n) is 4.88. The van der Waals surface area contributed by atoms with E-state index < -0.39 is 6.04 Å². The van der Waals surface area contributed by atoms with E-state index in [-0.39, 0.29) is 6.03 Å². The van der Waals surface area contributed by atoms with Gasteiger partial charge in [-0.15, -0.1) is 10.2 Å². The zero-order valence-electron chi connectivity index (χ0n) is 16.8. The summed E-state index contributed by atoms with van der Waals surface area (Å²) in [6, 6.07) is 23.9. The van der Waals surface area contributed by atoms with Crippen LogP contribution in [0.3, 0.4) is 0 Å². The molecule has 0 fully saturated rings. The van der Waals surface area contributed by atoms with Crippen LogP contribution in [0.4, 0.5) is 10.5 Å². The van der Waals surface area contributed by atoms with Crippen LogP contribution in [0, 0.1) is 13.8 Å². The zero-order chi connectivity index (χ0) is 20.9. The third kappa shape index (κ3) is 4.38. The molecule has 2 amide bonds. The van der Waals surface area contributed by atoms with E-state index in [1.54, 1.807) is 0 Å². The van der Waals surface area contributed by atoms with Crippen molar-refractivity contribution in [3.63, 3.8) is 0 Å². The van der Waals surface area contributed by atoms with Crippen molar-refractivity contribution in [3.05, 3.63) is 101 Å². The summed E-state index contributed by atoms with van der Waals surface area (Å²) in [5, 5.41) is 14.2.